The van der Waals surface area contributed by atoms with Crippen molar-refractivity contribution < 1.29 is 18.8 Å². The van der Waals surface area contributed by atoms with Crippen LogP contribution in [0.1, 0.15) is 17.3 Å². The molecule has 0 aliphatic heterocycles. The molecule has 4 aromatic rings. The number of fused-ring (bicyclic) bond motifs is 1. The lowest BCUT2D eigenvalue weighted by molar-refractivity contribution is -0.118. The topological polar surface area (TPSA) is 107 Å². The summed E-state index contributed by atoms with van der Waals surface area (Å²) in [5, 5.41) is 7.25. The fraction of sp³-hybridized carbons (Fsp3) is 0.0952. The molecule has 1 N–H and O–H groups in total. The molecule has 0 spiro atoms. The third-order valence-electron chi connectivity index (χ3n) is 4.18. The van der Waals surface area contributed by atoms with Gasteiger partial charge in [0, 0.05) is 16.8 Å². The SMILES string of the molecule is CC(=O)c1cccc(NC(=O)COc2ncnc3onc(-c4ccccc4)c23)c1. The minimum atomic E-state index is -0.393. The summed E-state index contributed by atoms with van der Waals surface area (Å²) in [4.78, 5) is 31.9. The Morgan fingerprint density at radius 2 is 1.90 bits per heavy atom. The van der Waals surface area contributed by atoms with Gasteiger partial charge in [0.05, 0.1) is 0 Å². The minimum absolute atomic E-state index is 0.0818. The summed E-state index contributed by atoms with van der Waals surface area (Å²) >= 11 is 0. The highest BCUT2D eigenvalue weighted by Gasteiger charge is 2.18. The Hall–Kier alpha value is -4.07. The van der Waals surface area contributed by atoms with Crippen LogP contribution in [0.15, 0.2) is 65.4 Å². The number of rotatable bonds is 6. The largest absolute Gasteiger partial charge is 0.467 e. The van der Waals surface area contributed by atoms with E-state index in [4.69, 9.17) is 9.26 Å². The first-order valence-corrected chi connectivity index (χ1v) is 8.81. The second-order valence-corrected chi connectivity index (χ2v) is 6.23. The van der Waals surface area contributed by atoms with Gasteiger partial charge >= 0.3 is 0 Å². The van der Waals surface area contributed by atoms with Gasteiger partial charge in [-0.25, -0.2) is 4.98 Å². The van der Waals surface area contributed by atoms with Crippen molar-refractivity contribution in [1.82, 2.24) is 15.1 Å². The van der Waals surface area contributed by atoms with Crippen LogP contribution in [0.5, 0.6) is 5.88 Å². The maximum atomic E-state index is 12.3. The molecule has 1 amide bonds. The summed E-state index contributed by atoms with van der Waals surface area (Å²) in [5.41, 5.74) is 2.64. The van der Waals surface area contributed by atoms with E-state index >= 15 is 0 Å². The van der Waals surface area contributed by atoms with Crippen molar-refractivity contribution in [2.45, 2.75) is 6.92 Å². The molecule has 29 heavy (non-hydrogen) atoms. The number of ketones is 1. The van der Waals surface area contributed by atoms with Gasteiger partial charge in [-0.2, -0.15) is 4.98 Å². The summed E-state index contributed by atoms with van der Waals surface area (Å²) in [6.07, 6.45) is 1.28. The first-order valence-electron chi connectivity index (χ1n) is 8.81. The van der Waals surface area contributed by atoms with Crippen molar-refractivity contribution in [3.05, 3.63) is 66.5 Å². The fourth-order valence-corrected chi connectivity index (χ4v) is 2.81. The Balaban J connectivity index is 1.53. The zero-order chi connectivity index (χ0) is 20.2. The van der Waals surface area contributed by atoms with E-state index in [1.165, 1.54) is 13.3 Å². The number of benzene rings is 2. The highest BCUT2D eigenvalue weighted by atomic mass is 16.5. The highest BCUT2D eigenvalue weighted by molar-refractivity contribution is 5.98. The molecule has 0 fully saturated rings. The fourth-order valence-electron chi connectivity index (χ4n) is 2.81. The first-order chi connectivity index (χ1) is 14.1. The van der Waals surface area contributed by atoms with E-state index in [9.17, 15) is 9.59 Å². The minimum Gasteiger partial charge on any atom is -0.467 e. The zero-order valence-electron chi connectivity index (χ0n) is 15.5. The first kappa shape index (κ1) is 18.3. The van der Waals surface area contributed by atoms with Crippen LogP contribution >= 0.6 is 0 Å². The van der Waals surface area contributed by atoms with Crippen molar-refractivity contribution in [2.24, 2.45) is 0 Å². The number of carbonyl (C=O) groups is 2. The predicted octanol–water partition coefficient (Wildman–Crippen LogP) is 3.50. The molecule has 4 rings (SSSR count). The number of amides is 1. The molecular formula is C21H16N4O4. The lowest BCUT2D eigenvalue weighted by Gasteiger charge is -2.08. The van der Waals surface area contributed by atoms with Crippen LogP contribution in [-0.2, 0) is 4.79 Å². The molecule has 0 aliphatic carbocycles. The molecule has 8 nitrogen and oxygen atoms in total. The van der Waals surface area contributed by atoms with Crippen molar-refractivity contribution >= 4 is 28.5 Å². The van der Waals surface area contributed by atoms with Gasteiger partial charge in [0.1, 0.15) is 17.4 Å². The van der Waals surface area contributed by atoms with Gasteiger partial charge in [0.2, 0.25) is 5.88 Å². The Labute approximate surface area is 165 Å². The van der Waals surface area contributed by atoms with Crippen LogP contribution in [0.4, 0.5) is 5.69 Å². The van der Waals surface area contributed by atoms with Crippen molar-refractivity contribution in [3.63, 3.8) is 0 Å². The number of Topliss-reactive ketones (excluding diaryl/α,β-unsaturated/α-hetero) is 1. The molecule has 144 valence electrons. The van der Waals surface area contributed by atoms with Gasteiger partial charge in [0.25, 0.3) is 11.6 Å². The second-order valence-electron chi connectivity index (χ2n) is 6.23. The summed E-state index contributed by atoms with van der Waals surface area (Å²) in [6.45, 7) is 1.18. The van der Waals surface area contributed by atoms with Crippen LogP contribution in [0, 0.1) is 0 Å². The predicted molar refractivity (Wildman–Crippen MR) is 106 cm³/mol. The average Bonchev–Trinajstić information content (AvgIpc) is 3.18. The number of nitrogens with one attached hydrogen (secondary N) is 1. The third kappa shape index (κ3) is 3.96. The molecule has 0 bridgehead atoms. The molecule has 2 aromatic heterocycles. The number of nitrogens with zero attached hydrogens (tertiary/aromatic N) is 3. The number of ether oxygens (including phenoxy) is 1. The Kier molecular flexibility index (Phi) is 4.98. The zero-order valence-corrected chi connectivity index (χ0v) is 15.5. The van der Waals surface area contributed by atoms with Gasteiger partial charge in [-0.15, -0.1) is 0 Å². The standard InChI is InChI=1S/C21H16N4O4/c1-13(26)15-8-5-9-16(10-15)24-17(27)11-28-20-18-19(14-6-3-2-4-7-14)25-29-21(18)23-12-22-20/h2-10,12H,11H2,1H3,(H,24,27). The number of carbonyl (C=O) groups excluding carboxylic acids is 2. The summed E-state index contributed by atoms with van der Waals surface area (Å²) in [5.74, 6) is -0.278. The normalized spacial score (nSPS) is 10.7. The maximum Gasteiger partial charge on any atom is 0.265 e. The molecule has 0 aliphatic rings. The monoisotopic (exact) mass is 388 g/mol. The van der Waals surface area contributed by atoms with Crippen LogP contribution in [-0.4, -0.2) is 33.4 Å². The number of hydrogen-bond donors (Lipinski definition) is 1. The smallest absolute Gasteiger partial charge is 0.265 e. The van der Waals surface area contributed by atoms with Crippen molar-refractivity contribution in [2.75, 3.05) is 11.9 Å². The Morgan fingerprint density at radius 3 is 2.69 bits per heavy atom. The molecule has 2 aromatic carbocycles. The highest BCUT2D eigenvalue weighted by Crippen LogP contribution is 2.32. The quantitative estimate of drug-likeness (QED) is 0.504. The Morgan fingerprint density at radius 1 is 1.07 bits per heavy atom. The number of anilines is 1. The summed E-state index contributed by atoms with van der Waals surface area (Å²) in [6, 6.07) is 16.1. The van der Waals surface area contributed by atoms with Gasteiger partial charge < -0.3 is 14.6 Å². The number of aromatic nitrogens is 3. The third-order valence-corrected chi connectivity index (χ3v) is 4.18. The van der Waals surface area contributed by atoms with Gasteiger partial charge in [-0.05, 0) is 19.1 Å². The van der Waals surface area contributed by atoms with Crippen LogP contribution in [0.25, 0.3) is 22.4 Å². The van der Waals surface area contributed by atoms with Gasteiger partial charge in [-0.3, -0.25) is 9.59 Å². The van der Waals surface area contributed by atoms with E-state index in [2.05, 4.69) is 20.4 Å². The summed E-state index contributed by atoms with van der Waals surface area (Å²) in [7, 11) is 0. The van der Waals surface area contributed by atoms with E-state index < -0.39 is 5.91 Å². The van der Waals surface area contributed by atoms with E-state index in [0.717, 1.165) is 5.56 Å². The molecule has 0 atom stereocenters. The Bertz CT molecular complexity index is 1190. The summed E-state index contributed by atoms with van der Waals surface area (Å²) < 4.78 is 10.9. The molecule has 8 heteroatoms. The van der Waals surface area contributed by atoms with E-state index in [-0.39, 0.29) is 24.0 Å². The lowest BCUT2D eigenvalue weighted by atomic mass is 10.1. The molecule has 0 radical (unpaired) electrons. The molecule has 0 saturated heterocycles. The van der Waals surface area contributed by atoms with E-state index in [1.54, 1.807) is 24.3 Å². The average molecular weight is 388 g/mol. The van der Waals surface area contributed by atoms with Crippen molar-refractivity contribution in [1.29, 1.82) is 0 Å². The second kappa shape index (κ2) is 7.89. The van der Waals surface area contributed by atoms with Crippen LogP contribution in [0.3, 0.4) is 0 Å². The van der Waals surface area contributed by atoms with Crippen molar-refractivity contribution in [3.8, 4) is 17.1 Å². The lowest BCUT2D eigenvalue weighted by Crippen LogP contribution is -2.20. The molecule has 2 heterocycles. The van der Waals surface area contributed by atoms with Gasteiger partial charge in [-0.1, -0.05) is 47.6 Å². The molecular weight excluding hydrogens is 372 g/mol. The maximum absolute atomic E-state index is 12.3. The molecule has 0 unspecified atom stereocenters. The number of hydrogen-bond acceptors (Lipinski definition) is 7. The van der Waals surface area contributed by atoms with E-state index in [1.807, 2.05) is 30.3 Å². The van der Waals surface area contributed by atoms with Crippen LogP contribution in [0.2, 0.25) is 0 Å². The molecule has 0 saturated carbocycles. The van der Waals surface area contributed by atoms with Crippen LogP contribution < -0.4 is 10.1 Å². The van der Waals surface area contributed by atoms with Gasteiger partial charge in [0.15, 0.2) is 12.4 Å². The van der Waals surface area contributed by atoms with E-state index in [0.29, 0.717) is 22.3 Å².